The molecule has 1 unspecified atom stereocenters. The van der Waals surface area contributed by atoms with Crippen molar-refractivity contribution < 1.29 is 0 Å². The Labute approximate surface area is 130 Å². The maximum atomic E-state index is 3.72. The summed E-state index contributed by atoms with van der Waals surface area (Å²) in [6.45, 7) is 13.1. The highest BCUT2D eigenvalue weighted by atomic mass is 15.2. The summed E-state index contributed by atoms with van der Waals surface area (Å²) in [6, 6.07) is 11.5. The van der Waals surface area contributed by atoms with Gasteiger partial charge < -0.3 is 5.32 Å². The maximum absolute atomic E-state index is 3.72. The number of hydrogen-bond donors (Lipinski definition) is 1. The lowest BCUT2D eigenvalue weighted by Crippen LogP contribution is -2.50. The van der Waals surface area contributed by atoms with Gasteiger partial charge in [0.05, 0.1) is 0 Å². The SMILES string of the molecule is CC(C)C1CN(C(C)(C)CCc2ccccc2)CCCN1. The lowest BCUT2D eigenvalue weighted by atomic mass is 9.92. The molecule has 2 heteroatoms. The van der Waals surface area contributed by atoms with Crippen molar-refractivity contribution in [2.24, 2.45) is 5.92 Å². The molecule has 0 saturated carbocycles. The summed E-state index contributed by atoms with van der Waals surface area (Å²) in [5.74, 6) is 0.704. The summed E-state index contributed by atoms with van der Waals surface area (Å²) in [5, 5.41) is 3.72. The van der Waals surface area contributed by atoms with Crippen molar-refractivity contribution in [3.63, 3.8) is 0 Å². The zero-order valence-electron chi connectivity index (χ0n) is 14.2. The zero-order chi connectivity index (χ0) is 15.3. The molecule has 1 aromatic carbocycles. The van der Waals surface area contributed by atoms with Crippen LogP contribution in [0.2, 0.25) is 0 Å². The summed E-state index contributed by atoms with van der Waals surface area (Å²) < 4.78 is 0. The second kappa shape index (κ2) is 7.42. The van der Waals surface area contributed by atoms with E-state index >= 15 is 0 Å². The van der Waals surface area contributed by atoms with Gasteiger partial charge in [0.1, 0.15) is 0 Å². The fraction of sp³-hybridized carbons (Fsp3) is 0.684. The standard InChI is InChI=1S/C19H32N2/c1-16(2)18-15-21(14-8-13-20-18)19(3,4)12-11-17-9-6-5-7-10-17/h5-7,9-10,16,18,20H,8,11-15H2,1-4H3. The van der Waals surface area contributed by atoms with Crippen molar-refractivity contribution in [1.29, 1.82) is 0 Å². The van der Waals surface area contributed by atoms with E-state index in [4.69, 9.17) is 0 Å². The first-order chi connectivity index (χ1) is 9.99. The van der Waals surface area contributed by atoms with Gasteiger partial charge in [0, 0.05) is 18.1 Å². The van der Waals surface area contributed by atoms with Crippen LogP contribution in [0.25, 0.3) is 0 Å². The Kier molecular flexibility index (Phi) is 5.83. The van der Waals surface area contributed by atoms with E-state index < -0.39 is 0 Å². The third-order valence-corrected chi connectivity index (χ3v) is 4.96. The van der Waals surface area contributed by atoms with Crippen LogP contribution in [0.3, 0.4) is 0 Å². The van der Waals surface area contributed by atoms with E-state index in [0.29, 0.717) is 12.0 Å². The summed E-state index contributed by atoms with van der Waals surface area (Å²) in [6.07, 6.45) is 3.66. The van der Waals surface area contributed by atoms with Crippen molar-refractivity contribution in [2.75, 3.05) is 19.6 Å². The fourth-order valence-electron chi connectivity index (χ4n) is 3.20. The smallest absolute Gasteiger partial charge is 0.0218 e. The summed E-state index contributed by atoms with van der Waals surface area (Å²) in [5.41, 5.74) is 1.73. The molecule has 1 heterocycles. The number of nitrogens with one attached hydrogen (secondary N) is 1. The highest BCUT2D eigenvalue weighted by Crippen LogP contribution is 2.24. The Bertz CT molecular complexity index is 411. The van der Waals surface area contributed by atoms with Gasteiger partial charge in [0.15, 0.2) is 0 Å². The molecule has 0 aromatic heterocycles. The van der Waals surface area contributed by atoms with Gasteiger partial charge in [-0.15, -0.1) is 0 Å². The summed E-state index contributed by atoms with van der Waals surface area (Å²) in [4.78, 5) is 2.71. The van der Waals surface area contributed by atoms with Gasteiger partial charge in [-0.2, -0.15) is 0 Å². The second-order valence-electron chi connectivity index (χ2n) is 7.40. The molecule has 0 radical (unpaired) electrons. The van der Waals surface area contributed by atoms with E-state index in [1.807, 2.05) is 0 Å². The van der Waals surface area contributed by atoms with Crippen LogP contribution in [0, 0.1) is 5.92 Å². The zero-order valence-corrected chi connectivity index (χ0v) is 14.2. The van der Waals surface area contributed by atoms with Crippen LogP contribution >= 0.6 is 0 Å². The first kappa shape index (κ1) is 16.5. The summed E-state index contributed by atoms with van der Waals surface area (Å²) in [7, 11) is 0. The van der Waals surface area contributed by atoms with Crippen LogP contribution in [-0.4, -0.2) is 36.1 Å². The van der Waals surface area contributed by atoms with E-state index in [1.54, 1.807) is 0 Å². The largest absolute Gasteiger partial charge is 0.312 e. The third-order valence-electron chi connectivity index (χ3n) is 4.96. The van der Waals surface area contributed by atoms with E-state index in [1.165, 1.54) is 37.9 Å². The topological polar surface area (TPSA) is 15.3 Å². The maximum Gasteiger partial charge on any atom is 0.0218 e. The fourth-order valence-corrected chi connectivity index (χ4v) is 3.20. The molecular formula is C19H32N2. The summed E-state index contributed by atoms with van der Waals surface area (Å²) >= 11 is 0. The van der Waals surface area contributed by atoms with Crippen molar-refractivity contribution in [3.05, 3.63) is 35.9 Å². The minimum atomic E-state index is 0.273. The van der Waals surface area contributed by atoms with Gasteiger partial charge in [-0.25, -0.2) is 0 Å². The van der Waals surface area contributed by atoms with Gasteiger partial charge in [0.2, 0.25) is 0 Å². The van der Waals surface area contributed by atoms with Crippen molar-refractivity contribution in [1.82, 2.24) is 10.2 Å². The van der Waals surface area contributed by atoms with E-state index in [-0.39, 0.29) is 5.54 Å². The molecule has 0 spiro atoms. The molecule has 0 amide bonds. The van der Waals surface area contributed by atoms with Gasteiger partial charge in [-0.3, -0.25) is 4.90 Å². The molecule has 2 rings (SSSR count). The van der Waals surface area contributed by atoms with Gasteiger partial charge in [-0.05, 0) is 57.7 Å². The molecule has 1 aromatic rings. The van der Waals surface area contributed by atoms with Crippen molar-refractivity contribution >= 4 is 0 Å². The van der Waals surface area contributed by atoms with E-state index in [9.17, 15) is 0 Å². The first-order valence-corrected chi connectivity index (χ1v) is 8.51. The molecule has 1 aliphatic heterocycles. The molecular weight excluding hydrogens is 256 g/mol. The van der Waals surface area contributed by atoms with E-state index in [0.717, 1.165) is 6.54 Å². The lowest BCUT2D eigenvalue weighted by Gasteiger charge is -2.40. The molecule has 2 nitrogen and oxygen atoms in total. The minimum Gasteiger partial charge on any atom is -0.312 e. The number of nitrogens with zero attached hydrogens (tertiary/aromatic N) is 1. The molecule has 21 heavy (non-hydrogen) atoms. The molecule has 118 valence electrons. The molecule has 0 aliphatic carbocycles. The van der Waals surface area contributed by atoms with Gasteiger partial charge >= 0.3 is 0 Å². The molecule has 1 N–H and O–H groups in total. The molecule has 1 fully saturated rings. The molecule has 1 aliphatic rings. The van der Waals surface area contributed by atoms with Crippen molar-refractivity contribution in [2.45, 2.75) is 58.5 Å². The van der Waals surface area contributed by atoms with Crippen molar-refractivity contribution in [3.8, 4) is 0 Å². The Hall–Kier alpha value is -0.860. The average molecular weight is 288 g/mol. The Morgan fingerprint density at radius 1 is 1.24 bits per heavy atom. The highest BCUT2D eigenvalue weighted by Gasteiger charge is 2.30. The highest BCUT2D eigenvalue weighted by molar-refractivity contribution is 5.15. The number of benzene rings is 1. The number of aryl methyl sites for hydroxylation is 1. The molecule has 1 saturated heterocycles. The Morgan fingerprint density at radius 2 is 1.95 bits per heavy atom. The predicted molar refractivity (Wildman–Crippen MR) is 91.7 cm³/mol. The molecule has 1 atom stereocenters. The van der Waals surface area contributed by atoms with Crippen LogP contribution in [0.4, 0.5) is 0 Å². The Morgan fingerprint density at radius 3 is 2.62 bits per heavy atom. The quantitative estimate of drug-likeness (QED) is 0.888. The number of hydrogen-bond acceptors (Lipinski definition) is 2. The minimum absolute atomic E-state index is 0.273. The monoisotopic (exact) mass is 288 g/mol. The normalized spacial score (nSPS) is 21.5. The Balaban J connectivity index is 1.96. The van der Waals surface area contributed by atoms with Crippen LogP contribution in [0.1, 0.15) is 46.1 Å². The van der Waals surface area contributed by atoms with Gasteiger partial charge in [-0.1, -0.05) is 44.2 Å². The van der Waals surface area contributed by atoms with Crippen LogP contribution in [-0.2, 0) is 6.42 Å². The molecule has 0 bridgehead atoms. The lowest BCUT2D eigenvalue weighted by molar-refractivity contribution is 0.102. The second-order valence-corrected chi connectivity index (χ2v) is 7.40. The average Bonchev–Trinajstić information content (AvgIpc) is 2.73. The van der Waals surface area contributed by atoms with E-state index in [2.05, 4.69) is 68.2 Å². The van der Waals surface area contributed by atoms with Crippen LogP contribution in [0.5, 0.6) is 0 Å². The third kappa shape index (κ3) is 4.82. The van der Waals surface area contributed by atoms with Crippen LogP contribution < -0.4 is 5.32 Å². The first-order valence-electron chi connectivity index (χ1n) is 8.51. The van der Waals surface area contributed by atoms with Gasteiger partial charge in [0.25, 0.3) is 0 Å². The van der Waals surface area contributed by atoms with Crippen LogP contribution in [0.15, 0.2) is 30.3 Å². The number of rotatable bonds is 5. The predicted octanol–water partition coefficient (Wildman–Crippen LogP) is 3.72.